The van der Waals surface area contributed by atoms with Gasteiger partial charge in [0.2, 0.25) is 5.91 Å². The van der Waals surface area contributed by atoms with Crippen molar-refractivity contribution in [3.63, 3.8) is 0 Å². The van der Waals surface area contributed by atoms with E-state index in [9.17, 15) is 9.59 Å². The van der Waals surface area contributed by atoms with Crippen molar-refractivity contribution in [2.45, 2.75) is 71.9 Å². The van der Waals surface area contributed by atoms with Gasteiger partial charge in [0, 0.05) is 29.9 Å². The molecule has 1 aliphatic carbocycles. The molecule has 2 aliphatic rings. The molecule has 0 saturated heterocycles. The molecule has 0 unspecified atom stereocenters. The first kappa shape index (κ1) is 22.2. The lowest BCUT2D eigenvalue weighted by molar-refractivity contribution is -0.120. The summed E-state index contributed by atoms with van der Waals surface area (Å²) in [5.41, 5.74) is 1.67. The average molecular weight is 414 g/mol. The molecule has 2 heterocycles. The second kappa shape index (κ2) is 9.89. The Labute approximate surface area is 172 Å². The van der Waals surface area contributed by atoms with Crippen LogP contribution in [-0.4, -0.2) is 36.0 Å². The zero-order chi connectivity index (χ0) is 18.7. The van der Waals surface area contributed by atoms with Crippen molar-refractivity contribution in [1.29, 1.82) is 0 Å². The van der Waals surface area contributed by atoms with Crippen LogP contribution in [0, 0.1) is 5.92 Å². The lowest BCUT2D eigenvalue weighted by atomic mass is 9.88. The maximum atomic E-state index is 12.7. The predicted molar refractivity (Wildman–Crippen MR) is 105 cm³/mol. The maximum Gasteiger partial charge on any atom is 0.341 e. The van der Waals surface area contributed by atoms with E-state index < -0.39 is 0 Å². The molecule has 0 aromatic carbocycles. The van der Waals surface area contributed by atoms with E-state index in [0.29, 0.717) is 23.2 Å². The molecule has 1 aromatic heterocycles. The first-order valence-corrected chi connectivity index (χ1v) is 10.7. The van der Waals surface area contributed by atoms with Gasteiger partial charge in [0.1, 0.15) is 5.00 Å². The predicted octanol–water partition coefficient (Wildman–Crippen LogP) is 1.21. The molecular formula is C20H30ClN2O3S-. The summed E-state index contributed by atoms with van der Waals surface area (Å²) in [6.45, 7) is 8.31. The van der Waals surface area contributed by atoms with Crippen molar-refractivity contribution < 1.29 is 26.7 Å². The fraction of sp³-hybridized carbons (Fsp3) is 0.700. The number of carbonyl (C=O) groups is 2. The van der Waals surface area contributed by atoms with Crippen LogP contribution in [-0.2, 0) is 22.5 Å². The van der Waals surface area contributed by atoms with Gasteiger partial charge >= 0.3 is 5.97 Å². The Hall–Kier alpha value is -1.11. The third-order valence-electron chi connectivity index (χ3n) is 5.51. The van der Waals surface area contributed by atoms with Gasteiger partial charge in [0.05, 0.1) is 12.2 Å². The summed E-state index contributed by atoms with van der Waals surface area (Å²) in [6, 6.07) is 0.469. The molecule has 7 heteroatoms. The largest absolute Gasteiger partial charge is 1.00 e. The molecule has 1 fully saturated rings. The number of halogens is 1. The summed E-state index contributed by atoms with van der Waals surface area (Å²) in [4.78, 5) is 28.9. The number of rotatable bonds is 5. The molecule has 1 aromatic rings. The second-order valence-electron chi connectivity index (χ2n) is 7.57. The van der Waals surface area contributed by atoms with Crippen molar-refractivity contribution in [3.8, 4) is 0 Å². The van der Waals surface area contributed by atoms with Gasteiger partial charge < -0.3 is 22.5 Å². The normalized spacial score (nSPS) is 17.9. The fourth-order valence-electron chi connectivity index (χ4n) is 3.95. The van der Waals surface area contributed by atoms with Gasteiger partial charge in [0.15, 0.2) is 0 Å². The zero-order valence-corrected chi connectivity index (χ0v) is 18.0. The third-order valence-corrected chi connectivity index (χ3v) is 6.64. The lowest BCUT2D eigenvalue weighted by Crippen LogP contribution is -3.00. The SMILES string of the molecule is CCOC(=O)c1c(NC(=O)C2CCCCC2)sc2c1CCN(C(C)C)C2.[Cl-]. The minimum Gasteiger partial charge on any atom is -1.00 e. The zero-order valence-electron chi connectivity index (χ0n) is 16.5. The standard InChI is InChI=1S/C20H30N2O3S.ClH/c1-4-25-20(24)17-15-10-11-22(13(2)3)12-16(15)26-19(17)21-18(23)14-8-6-5-7-9-14;/h13-14H,4-12H2,1-3H3,(H,21,23);1H/p-1. The highest BCUT2D eigenvalue weighted by Crippen LogP contribution is 2.38. The molecule has 152 valence electrons. The number of anilines is 1. The third kappa shape index (κ3) is 5.04. The monoisotopic (exact) mass is 413 g/mol. The molecular weight excluding hydrogens is 384 g/mol. The van der Waals surface area contributed by atoms with E-state index in [1.807, 2.05) is 6.92 Å². The Kier molecular flexibility index (Phi) is 8.13. The summed E-state index contributed by atoms with van der Waals surface area (Å²) in [7, 11) is 0. The Balaban J connectivity index is 0.00000261. The molecule has 0 bridgehead atoms. The van der Waals surface area contributed by atoms with Crippen molar-refractivity contribution in [2.75, 3.05) is 18.5 Å². The number of nitrogens with one attached hydrogen (secondary N) is 1. The van der Waals surface area contributed by atoms with Gasteiger partial charge in [-0.15, -0.1) is 11.3 Å². The van der Waals surface area contributed by atoms with E-state index in [0.717, 1.165) is 50.8 Å². The van der Waals surface area contributed by atoms with Gasteiger partial charge in [0.25, 0.3) is 0 Å². The Morgan fingerprint density at radius 1 is 1.26 bits per heavy atom. The quantitative estimate of drug-likeness (QED) is 0.737. The molecule has 0 radical (unpaired) electrons. The van der Waals surface area contributed by atoms with Gasteiger partial charge in [-0.25, -0.2) is 4.79 Å². The highest BCUT2D eigenvalue weighted by molar-refractivity contribution is 7.17. The minimum atomic E-state index is -0.304. The Morgan fingerprint density at radius 2 is 1.96 bits per heavy atom. The van der Waals surface area contributed by atoms with Gasteiger partial charge in [-0.3, -0.25) is 9.69 Å². The molecule has 1 aliphatic heterocycles. The van der Waals surface area contributed by atoms with Crippen LogP contribution in [0.15, 0.2) is 0 Å². The number of ether oxygens (including phenoxy) is 1. The van der Waals surface area contributed by atoms with Crippen molar-refractivity contribution in [3.05, 3.63) is 16.0 Å². The van der Waals surface area contributed by atoms with Gasteiger partial charge in [-0.2, -0.15) is 0 Å². The summed E-state index contributed by atoms with van der Waals surface area (Å²) in [5, 5.41) is 3.77. The highest BCUT2D eigenvalue weighted by atomic mass is 35.5. The molecule has 5 nitrogen and oxygen atoms in total. The van der Waals surface area contributed by atoms with Crippen molar-refractivity contribution in [2.24, 2.45) is 5.92 Å². The topological polar surface area (TPSA) is 58.6 Å². The number of hydrogen-bond acceptors (Lipinski definition) is 5. The fourth-order valence-corrected chi connectivity index (χ4v) is 5.21. The van der Waals surface area contributed by atoms with Crippen molar-refractivity contribution >= 4 is 28.2 Å². The summed E-state index contributed by atoms with van der Waals surface area (Å²) < 4.78 is 5.30. The summed E-state index contributed by atoms with van der Waals surface area (Å²) in [5.74, 6) is -0.165. The number of esters is 1. The lowest BCUT2D eigenvalue weighted by Gasteiger charge is -2.30. The smallest absolute Gasteiger partial charge is 0.341 e. The van der Waals surface area contributed by atoms with Crippen LogP contribution >= 0.6 is 11.3 Å². The van der Waals surface area contributed by atoms with Gasteiger partial charge in [-0.1, -0.05) is 19.3 Å². The number of nitrogens with zero attached hydrogens (tertiary/aromatic N) is 1. The number of carbonyl (C=O) groups excluding carboxylic acids is 2. The summed E-state index contributed by atoms with van der Waals surface area (Å²) in [6.07, 6.45) is 6.19. The van der Waals surface area contributed by atoms with E-state index in [1.165, 1.54) is 11.3 Å². The van der Waals surface area contributed by atoms with Crippen LogP contribution < -0.4 is 17.7 Å². The van der Waals surface area contributed by atoms with Crippen LogP contribution in [0.2, 0.25) is 0 Å². The van der Waals surface area contributed by atoms with Gasteiger partial charge in [-0.05, 0) is 45.6 Å². The maximum absolute atomic E-state index is 12.7. The molecule has 3 rings (SSSR count). The van der Waals surface area contributed by atoms with E-state index in [4.69, 9.17) is 4.74 Å². The van der Waals surface area contributed by atoms with E-state index in [2.05, 4.69) is 24.1 Å². The highest BCUT2D eigenvalue weighted by Gasteiger charge is 2.31. The van der Waals surface area contributed by atoms with Crippen LogP contribution in [0.5, 0.6) is 0 Å². The molecule has 0 atom stereocenters. The number of thiophene rings is 1. The number of hydrogen-bond donors (Lipinski definition) is 1. The Morgan fingerprint density at radius 3 is 2.59 bits per heavy atom. The minimum absolute atomic E-state index is 0. The van der Waals surface area contributed by atoms with E-state index >= 15 is 0 Å². The summed E-state index contributed by atoms with van der Waals surface area (Å²) >= 11 is 1.56. The molecule has 27 heavy (non-hydrogen) atoms. The average Bonchev–Trinajstić information content (AvgIpc) is 2.99. The van der Waals surface area contributed by atoms with Crippen molar-refractivity contribution in [1.82, 2.24) is 4.90 Å². The van der Waals surface area contributed by atoms with Crippen LogP contribution in [0.4, 0.5) is 5.00 Å². The molecule has 1 amide bonds. The molecule has 0 spiro atoms. The first-order valence-electron chi connectivity index (χ1n) is 9.87. The molecule has 1 saturated carbocycles. The van der Waals surface area contributed by atoms with E-state index in [-0.39, 0.29) is 30.2 Å². The Bertz CT molecular complexity index is 668. The number of amides is 1. The second-order valence-corrected chi connectivity index (χ2v) is 8.67. The first-order chi connectivity index (χ1) is 12.5. The number of fused-ring (bicyclic) bond motifs is 1. The van der Waals surface area contributed by atoms with Crippen LogP contribution in [0.1, 0.15) is 73.7 Å². The van der Waals surface area contributed by atoms with E-state index in [1.54, 1.807) is 11.3 Å². The van der Waals surface area contributed by atoms with Crippen LogP contribution in [0.3, 0.4) is 0 Å². The van der Waals surface area contributed by atoms with Crippen LogP contribution in [0.25, 0.3) is 0 Å². The molecule has 1 N–H and O–H groups in total.